The fourth-order valence-electron chi connectivity index (χ4n) is 0. The van der Waals surface area contributed by atoms with Crippen molar-refractivity contribution >= 4 is 19.8 Å². The molecular weight excluding hydrogens is 312 g/mol. The SMILES string of the molecule is [Cl-].[Cl-].[Cl-].[Cl-].[Cl-].[Ga+3].[Zn+2]. The van der Waals surface area contributed by atoms with Crippen LogP contribution in [-0.2, 0) is 19.5 Å². The maximum absolute atomic E-state index is 0. The van der Waals surface area contributed by atoms with E-state index in [1.54, 1.807) is 0 Å². The van der Waals surface area contributed by atoms with E-state index >= 15 is 0 Å². The van der Waals surface area contributed by atoms with Crippen LogP contribution < -0.4 is 62.0 Å². The van der Waals surface area contributed by atoms with Crippen LogP contribution in [0.25, 0.3) is 0 Å². The summed E-state index contributed by atoms with van der Waals surface area (Å²) in [5, 5.41) is 0. The summed E-state index contributed by atoms with van der Waals surface area (Å²) >= 11 is 0. The van der Waals surface area contributed by atoms with Crippen LogP contribution in [-0.4, -0.2) is 19.8 Å². The first kappa shape index (κ1) is 100. The van der Waals surface area contributed by atoms with Gasteiger partial charge in [-0.05, 0) is 0 Å². The Morgan fingerprint density at radius 2 is 0.429 bits per heavy atom. The third kappa shape index (κ3) is 53.4. The fourth-order valence-corrected chi connectivity index (χ4v) is 0. The van der Waals surface area contributed by atoms with E-state index in [0.29, 0.717) is 0 Å². The van der Waals surface area contributed by atoms with Crippen LogP contribution in [0, 0.1) is 0 Å². The summed E-state index contributed by atoms with van der Waals surface area (Å²) in [6.45, 7) is 0. The molecule has 0 atom stereocenters. The van der Waals surface area contributed by atoms with E-state index in [9.17, 15) is 0 Å². The summed E-state index contributed by atoms with van der Waals surface area (Å²) in [7, 11) is 0. The fraction of sp³-hybridized carbons (Fsp3) is 0. The Balaban J connectivity index is 0. The van der Waals surface area contributed by atoms with Crippen molar-refractivity contribution < 1.29 is 81.5 Å². The van der Waals surface area contributed by atoms with Gasteiger partial charge in [0.2, 0.25) is 0 Å². The molecule has 0 fully saturated rings. The molecule has 0 unspecified atom stereocenters. The van der Waals surface area contributed by atoms with Crippen LogP contribution in [0.4, 0.5) is 0 Å². The van der Waals surface area contributed by atoms with Crippen LogP contribution in [0.15, 0.2) is 0 Å². The van der Waals surface area contributed by atoms with E-state index in [4.69, 9.17) is 0 Å². The van der Waals surface area contributed by atoms with Crippen molar-refractivity contribution in [3.05, 3.63) is 0 Å². The number of rotatable bonds is 0. The Hall–Kier alpha value is 2.71. The number of hydrogen-bond acceptors (Lipinski definition) is 0. The minimum atomic E-state index is 0. The van der Waals surface area contributed by atoms with E-state index in [1.807, 2.05) is 0 Å². The topological polar surface area (TPSA) is 0 Å². The minimum absolute atomic E-state index is 0. The van der Waals surface area contributed by atoms with E-state index < -0.39 is 0 Å². The van der Waals surface area contributed by atoms with Crippen LogP contribution in [0.3, 0.4) is 0 Å². The van der Waals surface area contributed by atoms with Gasteiger partial charge in [-0.25, -0.2) is 0 Å². The summed E-state index contributed by atoms with van der Waals surface area (Å²) in [5.74, 6) is 0. The monoisotopic (exact) mass is 308 g/mol. The third-order valence-corrected chi connectivity index (χ3v) is 0. The smallest absolute Gasteiger partial charge is 1.00 e. The van der Waals surface area contributed by atoms with Gasteiger partial charge in [-0.2, -0.15) is 0 Å². The molecule has 0 aromatic carbocycles. The second-order valence-corrected chi connectivity index (χ2v) is 0. The Bertz CT molecular complexity index is 8.04. The quantitative estimate of drug-likeness (QED) is 0.390. The first-order valence-corrected chi connectivity index (χ1v) is 0. The summed E-state index contributed by atoms with van der Waals surface area (Å²) < 4.78 is 0. The normalized spacial score (nSPS) is 0. The van der Waals surface area contributed by atoms with Gasteiger partial charge >= 0.3 is 39.3 Å². The van der Waals surface area contributed by atoms with Gasteiger partial charge in [0.25, 0.3) is 0 Å². The van der Waals surface area contributed by atoms with Crippen LogP contribution in [0.5, 0.6) is 0 Å². The Morgan fingerprint density at radius 3 is 0.429 bits per heavy atom. The molecule has 0 radical (unpaired) electrons. The van der Waals surface area contributed by atoms with Crippen LogP contribution in [0.2, 0.25) is 0 Å². The molecule has 0 N–H and O–H groups in total. The maximum Gasteiger partial charge on any atom is 3.00 e. The van der Waals surface area contributed by atoms with Crippen LogP contribution in [0.1, 0.15) is 0 Å². The molecule has 0 aliphatic heterocycles. The largest absolute Gasteiger partial charge is 3.00 e. The van der Waals surface area contributed by atoms with Gasteiger partial charge in [0.1, 0.15) is 0 Å². The third-order valence-electron chi connectivity index (χ3n) is 0. The molecule has 0 saturated heterocycles. The molecule has 0 amide bonds. The molecule has 40 valence electrons. The van der Waals surface area contributed by atoms with E-state index in [1.165, 1.54) is 0 Å². The zero-order chi connectivity index (χ0) is 0. The zero-order valence-electron chi connectivity index (χ0n) is 3.17. The molecule has 0 aliphatic rings. The maximum atomic E-state index is 0. The summed E-state index contributed by atoms with van der Waals surface area (Å²) in [6.07, 6.45) is 0. The van der Waals surface area contributed by atoms with Crippen LogP contribution >= 0.6 is 0 Å². The van der Waals surface area contributed by atoms with Crippen molar-refractivity contribution in [1.29, 1.82) is 0 Å². The Labute approximate surface area is 100 Å². The van der Waals surface area contributed by atoms with Crippen molar-refractivity contribution in [3.8, 4) is 0 Å². The average Bonchev–Trinajstić information content (AvgIpc) is 0. The molecule has 0 nitrogen and oxygen atoms in total. The van der Waals surface area contributed by atoms with Crippen molar-refractivity contribution in [2.24, 2.45) is 0 Å². The predicted molar refractivity (Wildman–Crippen MR) is 5.75 cm³/mol. The molecule has 0 aromatic heterocycles. The minimum Gasteiger partial charge on any atom is -1.00 e. The molecule has 0 bridgehead atoms. The second-order valence-electron chi connectivity index (χ2n) is 0. The van der Waals surface area contributed by atoms with Gasteiger partial charge in [0.05, 0.1) is 0 Å². The first-order chi connectivity index (χ1) is 0. The molecule has 0 heterocycles. The van der Waals surface area contributed by atoms with Gasteiger partial charge in [-0.15, -0.1) is 0 Å². The average molecular weight is 312 g/mol. The van der Waals surface area contributed by atoms with Crippen molar-refractivity contribution in [3.63, 3.8) is 0 Å². The van der Waals surface area contributed by atoms with Crippen molar-refractivity contribution in [2.75, 3.05) is 0 Å². The zero-order valence-corrected chi connectivity index (χ0v) is 12.3. The Kier molecular flexibility index (Phi) is 1010. The van der Waals surface area contributed by atoms with Gasteiger partial charge in [0.15, 0.2) is 0 Å². The molecule has 7 heteroatoms. The summed E-state index contributed by atoms with van der Waals surface area (Å²) in [4.78, 5) is 0. The van der Waals surface area contributed by atoms with E-state index in [0.717, 1.165) is 0 Å². The molecule has 0 spiro atoms. The Morgan fingerprint density at radius 1 is 0.429 bits per heavy atom. The number of hydrogen-bond donors (Lipinski definition) is 0. The van der Waals surface area contributed by atoms with Gasteiger partial charge in [-0.3, -0.25) is 0 Å². The van der Waals surface area contributed by atoms with E-state index in [2.05, 4.69) is 0 Å². The van der Waals surface area contributed by atoms with Gasteiger partial charge < -0.3 is 62.0 Å². The summed E-state index contributed by atoms with van der Waals surface area (Å²) in [5.41, 5.74) is 0. The van der Waals surface area contributed by atoms with Gasteiger partial charge in [0, 0.05) is 0 Å². The van der Waals surface area contributed by atoms with E-state index in [-0.39, 0.29) is 101 Å². The number of halogens is 5. The molecule has 0 saturated carbocycles. The van der Waals surface area contributed by atoms with Crippen molar-refractivity contribution in [2.45, 2.75) is 0 Å². The van der Waals surface area contributed by atoms with Gasteiger partial charge in [-0.1, -0.05) is 0 Å². The molecule has 7 heavy (non-hydrogen) atoms. The first-order valence-electron chi connectivity index (χ1n) is 0. The standard InChI is InChI=1S/5ClH.Ga.Zn/h5*1H;;/q;;;;;+3;+2/p-5. The molecule has 0 aliphatic carbocycles. The predicted octanol–water partition coefficient (Wildman–Crippen LogP) is -15.4. The molecule has 0 aromatic rings. The molecule has 0 rings (SSSR count). The summed E-state index contributed by atoms with van der Waals surface area (Å²) in [6, 6.07) is 0. The second kappa shape index (κ2) is 70.5. The molecular formula is Cl5GaZn. The van der Waals surface area contributed by atoms with Crippen molar-refractivity contribution in [1.82, 2.24) is 0 Å².